The van der Waals surface area contributed by atoms with Crippen LogP contribution in [0.3, 0.4) is 0 Å². The summed E-state index contributed by atoms with van der Waals surface area (Å²) in [5.41, 5.74) is 1.86. The third kappa shape index (κ3) is 4.73. The molecule has 1 atom stereocenters. The van der Waals surface area contributed by atoms with Gasteiger partial charge in [0.2, 0.25) is 11.8 Å². The molecule has 2 amide bonds. The molecule has 1 unspecified atom stereocenters. The Bertz CT molecular complexity index is 882. The zero-order valence-corrected chi connectivity index (χ0v) is 15.8. The number of carbonyl (C=O) groups excluding carboxylic acids is 2. The number of rotatable bonds is 5. The summed E-state index contributed by atoms with van der Waals surface area (Å²) in [6.07, 6.45) is 1.76. The summed E-state index contributed by atoms with van der Waals surface area (Å²) in [6, 6.07) is 14.2. The van der Waals surface area contributed by atoms with Gasteiger partial charge in [0.05, 0.1) is 17.3 Å². The molecule has 0 aliphatic carbocycles. The fourth-order valence-corrected chi connectivity index (χ4v) is 3.43. The zero-order valence-electron chi connectivity index (χ0n) is 15.8. The number of piperidine rings is 1. The maximum atomic E-state index is 12.6. The lowest BCUT2D eigenvalue weighted by Gasteiger charge is -2.32. The molecule has 0 aromatic heterocycles. The molecular formula is C21H23N3O4. The molecule has 7 heteroatoms. The number of amides is 2. The van der Waals surface area contributed by atoms with Gasteiger partial charge < -0.3 is 10.2 Å². The molecule has 0 spiro atoms. The minimum absolute atomic E-state index is 0.00896. The van der Waals surface area contributed by atoms with Crippen LogP contribution in [0.1, 0.15) is 24.0 Å². The van der Waals surface area contributed by atoms with Crippen LogP contribution < -0.4 is 5.32 Å². The van der Waals surface area contributed by atoms with Gasteiger partial charge in [-0.3, -0.25) is 19.7 Å². The van der Waals surface area contributed by atoms with Crippen LogP contribution in [0.2, 0.25) is 0 Å². The zero-order chi connectivity index (χ0) is 20.1. The van der Waals surface area contributed by atoms with Gasteiger partial charge in [-0.05, 0) is 31.4 Å². The molecular weight excluding hydrogens is 358 g/mol. The van der Waals surface area contributed by atoms with Crippen LogP contribution in [-0.2, 0) is 16.0 Å². The lowest BCUT2D eigenvalue weighted by Crippen LogP contribution is -2.44. The maximum Gasteiger partial charge on any atom is 0.274 e. The Morgan fingerprint density at radius 1 is 1.21 bits per heavy atom. The van der Waals surface area contributed by atoms with E-state index in [9.17, 15) is 19.7 Å². The van der Waals surface area contributed by atoms with Crippen molar-refractivity contribution in [1.82, 2.24) is 4.90 Å². The molecule has 3 rings (SSSR count). The minimum atomic E-state index is -0.463. The van der Waals surface area contributed by atoms with E-state index in [4.69, 9.17) is 0 Å². The standard InChI is InChI=1S/C21H23N3O4/c1-15-9-10-18(13-19(15)24(27)28)22-21(26)17-8-5-11-23(14-17)20(25)12-16-6-3-2-4-7-16/h2-4,6-7,9-10,13,17H,5,8,11-12,14H2,1H3,(H,22,26). The second-order valence-corrected chi connectivity index (χ2v) is 7.09. The molecule has 7 nitrogen and oxygen atoms in total. The number of nitro groups is 1. The molecule has 1 heterocycles. The third-order valence-corrected chi connectivity index (χ3v) is 5.02. The van der Waals surface area contributed by atoms with Gasteiger partial charge in [-0.25, -0.2) is 0 Å². The topological polar surface area (TPSA) is 92.6 Å². The molecule has 146 valence electrons. The molecule has 1 N–H and O–H groups in total. The number of likely N-dealkylation sites (tertiary alicyclic amines) is 1. The average molecular weight is 381 g/mol. The van der Waals surface area contributed by atoms with Gasteiger partial charge in [0.1, 0.15) is 0 Å². The van der Waals surface area contributed by atoms with Crippen LogP contribution in [0, 0.1) is 23.0 Å². The Morgan fingerprint density at radius 3 is 2.68 bits per heavy atom. The number of nitro benzene ring substituents is 1. The van der Waals surface area contributed by atoms with Gasteiger partial charge in [-0.1, -0.05) is 36.4 Å². The number of nitrogens with zero attached hydrogens (tertiary/aromatic N) is 2. The van der Waals surface area contributed by atoms with Gasteiger partial charge in [0.25, 0.3) is 5.69 Å². The molecule has 28 heavy (non-hydrogen) atoms. The summed E-state index contributed by atoms with van der Waals surface area (Å²) in [5, 5.41) is 13.8. The highest BCUT2D eigenvalue weighted by molar-refractivity contribution is 5.93. The van der Waals surface area contributed by atoms with Crippen molar-refractivity contribution in [3.8, 4) is 0 Å². The van der Waals surface area contributed by atoms with E-state index in [1.54, 1.807) is 24.0 Å². The number of hydrogen-bond donors (Lipinski definition) is 1. The fraction of sp³-hybridized carbons (Fsp3) is 0.333. The first kappa shape index (κ1) is 19.5. The van der Waals surface area contributed by atoms with Crippen molar-refractivity contribution in [3.63, 3.8) is 0 Å². The van der Waals surface area contributed by atoms with Crippen molar-refractivity contribution in [2.24, 2.45) is 5.92 Å². The first-order chi connectivity index (χ1) is 13.4. The fourth-order valence-electron chi connectivity index (χ4n) is 3.43. The average Bonchev–Trinajstić information content (AvgIpc) is 2.70. The van der Waals surface area contributed by atoms with E-state index in [0.29, 0.717) is 37.2 Å². The molecule has 0 saturated carbocycles. The van der Waals surface area contributed by atoms with Gasteiger partial charge in [0.15, 0.2) is 0 Å². The van der Waals surface area contributed by atoms with Gasteiger partial charge in [-0.15, -0.1) is 0 Å². The molecule has 1 fully saturated rings. The minimum Gasteiger partial charge on any atom is -0.342 e. The van der Waals surface area contributed by atoms with E-state index < -0.39 is 4.92 Å². The van der Waals surface area contributed by atoms with E-state index in [-0.39, 0.29) is 23.4 Å². The number of nitrogens with one attached hydrogen (secondary N) is 1. The summed E-state index contributed by atoms with van der Waals surface area (Å²) >= 11 is 0. The number of hydrogen-bond acceptors (Lipinski definition) is 4. The van der Waals surface area contributed by atoms with Gasteiger partial charge in [0, 0.05) is 30.4 Å². The van der Waals surface area contributed by atoms with Crippen LogP contribution in [-0.4, -0.2) is 34.7 Å². The predicted molar refractivity (Wildman–Crippen MR) is 106 cm³/mol. The van der Waals surface area contributed by atoms with E-state index in [1.165, 1.54) is 6.07 Å². The monoisotopic (exact) mass is 381 g/mol. The molecule has 1 aliphatic heterocycles. The van der Waals surface area contributed by atoms with Crippen molar-refractivity contribution in [2.45, 2.75) is 26.2 Å². The first-order valence-corrected chi connectivity index (χ1v) is 9.31. The van der Waals surface area contributed by atoms with Crippen molar-refractivity contribution < 1.29 is 14.5 Å². The van der Waals surface area contributed by atoms with Crippen molar-refractivity contribution >= 4 is 23.2 Å². The second kappa shape index (κ2) is 8.65. The Balaban J connectivity index is 1.62. The van der Waals surface area contributed by atoms with Crippen molar-refractivity contribution in [1.29, 1.82) is 0 Å². The smallest absolute Gasteiger partial charge is 0.274 e. The van der Waals surface area contributed by atoms with Gasteiger partial charge >= 0.3 is 0 Å². The summed E-state index contributed by atoms with van der Waals surface area (Å²) in [6.45, 7) is 2.66. The van der Waals surface area contributed by atoms with Gasteiger partial charge in [-0.2, -0.15) is 0 Å². The van der Waals surface area contributed by atoms with Crippen molar-refractivity contribution in [2.75, 3.05) is 18.4 Å². The van der Waals surface area contributed by atoms with Crippen molar-refractivity contribution in [3.05, 3.63) is 69.8 Å². The maximum absolute atomic E-state index is 12.6. The molecule has 1 saturated heterocycles. The Labute approximate surface area is 163 Å². The summed E-state index contributed by atoms with van der Waals surface area (Å²) in [5.74, 6) is -0.529. The van der Waals surface area contributed by atoms with E-state index in [0.717, 1.165) is 12.0 Å². The molecule has 1 aliphatic rings. The first-order valence-electron chi connectivity index (χ1n) is 9.31. The Morgan fingerprint density at radius 2 is 1.96 bits per heavy atom. The van der Waals surface area contributed by atoms with E-state index in [2.05, 4.69) is 5.32 Å². The van der Waals surface area contributed by atoms with Crippen LogP contribution in [0.15, 0.2) is 48.5 Å². The van der Waals surface area contributed by atoms with E-state index >= 15 is 0 Å². The number of aryl methyl sites for hydroxylation is 1. The highest BCUT2D eigenvalue weighted by Gasteiger charge is 2.28. The normalized spacial score (nSPS) is 16.5. The molecule has 2 aromatic rings. The van der Waals surface area contributed by atoms with Crippen LogP contribution in [0.4, 0.5) is 11.4 Å². The highest BCUT2D eigenvalue weighted by atomic mass is 16.6. The molecule has 0 bridgehead atoms. The number of anilines is 1. The number of carbonyl (C=O) groups is 2. The Kier molecular flexibility index (Phi) is 6.03. The molecule has 2 aromatic carbocycles. The predicted octanol–water partition coefficient (Wildman–Crippen LogP) is 3.32. The summed E-state index contributed by atoms with van der Waals surface area (Å²) in [4.78, 5) is 37.6. The Hall–Kier alpha value is -3.22. The van der Waals surface area contributed by atoms with Crippen LogP contribution in [0.5, 0.6) is 0 Å². The highest BCUT2D eigenvalue weighted by Crippen LogP contribution is 2.24. The second-order valence-electron chi connectivity index (χ2n) is 7.09. The molecule has 0 radical (unpaired) electrons. The third-order valence-electron chi connectivity index (χ3n) is 5.02. The SMILES string of the molecule is Cc1ccc(NC(=O)C2CCCN(C(=O)Cc3ccccc3)C2)cc1[N+](=O)[O-]. The van der Waals surface area contributed by atoms with Crippen LogP contribution >= 0.6 is 0 Å². The summed E-state index contributed by atoms with van der Waals surface area (Å²) in [7, 11) is 0. The lowest BCUT2D eigenvalue weighted by molar-refractivity contribution is -0.385. The van der Waals surface area contributed by atoms with Crippen LogP contribution in [0.25, 0.3) is 0 Å². The quantitative estimate of drug-likeness (QED) is 0.635. The summed E-state index contributed by atoms with van der Waals surface area (Å²) < 4.78 is 0. The number of benzene rings is 2. The van der Waals surface area contributed by atoms with E-state index in [1.807, 2.05) is 30.3 Å². The largest absolute Gasteiger partial charge is 0.342 e. The lowest BCUT2D eigenvalue weighted by atomic mass is 9.96.